The van der Waals surface area contributed by atoms with Gasteiger partial charge < -0.3 is 15.0 Å². The predicted octanol–water partition coefficient (Wildman–Crippen LogP) is 2.97. The van der Waals surface area contributed by atoms with Crippen LogP contribution in [-0.2, 0) is 6.54 Å². The molecule has 1 heterocycles. The van der Waals surface area contributed by atoms with Crippen LogP contribution in [0.1, 0.15) is 35.8 Å². The molecule has 0 saturated carbocycles. The van der Waals surface area contributed by atoms with Gasteiger partial charge in [-0.2, -0.15) is 0 Å². The number of hydrogen-bond acceptors (Lipinski definition) is 5. The van der Waals surface area contributed by atoms with Gasteiger partial charge in [-0.25, -0.2) is 9.97 Å². The largest absolute Gasteiger partial charge is 0.496 e. The summed E-state index contributed by atoms with van der Waals surface area (Å²) in [6, 6.07) is 9.46. The minimum atomic E-state index is -0.0915. The first-order chi connectivity index (χ1) is 11.7. The number of methoxy groups -OCH3 is 1. The van der Waals surface area contributed by atoms with Crippen LogP contribution in [-0.4, -0.2) is 41.5 Å². The fraction of sp³-hybridized carbons (Fsp3) is 0.389. The van der Waals surface area contributed by atoms with Gasteiger partial charge in [-0.3, -0.25) is 4.79 Å². The molecule has 1 aromatic heterocycles. The summed E-state index contributed by atoms with van der Waals surface area (Å²) in [5, 5.41) is 3.21. The molecule has 2 rings (SSSR count). The Balaban J connectivity index is 2.03. The Bertz CT molecular complexity index is 676. The summed E-state index contributed by atoms with van der Waals surface area (Å²) in [7, 11) is 3.44. The molecule has 0 aliphatic rings. The predicted molar refractivity (Wildman–Crippen MR) is 94.2 cm³/mol. The van der Waals surface area contributed by atoms with Crippen molar-refractivity contribution in [2.24, 2.45) is 0 Å². The van der Waals surface area contributed by atoms with Gasteiger partial charge in [0.25, 0.3) is 5.91 Å². The monoisotopic (exact) mass is 328 g/mol. The number of unbranched alkanes of at least 4 members (excludes halogenated alkanes) is 1. The Labute approximate surface area is 142 Å². The van der Waals surface area contributed by atoms with Crippen LogP contribution in [0, 0.1) is 0 Å². The number of anilines is 1. The van der Waals surface area contributed by atoms with E-state index in [1.807, 2.05) is 24.3 Å². The zero-order valence-corrected chi connectivity index (χ0v) is 14.5. The second kappa shape index (κ2) is 8.86. The highest BCUT2D eigenvalue weighted by molar-refractivity contribution is 5.92. The van der Waals surface area contributed by atoms with Crippen LogP contribution in [0.5, 0.6) is 5.75 Å². The van der Waals surface area contributed by atoms with E-state index in [0.717, 1.165) is 30.7 Å². The van der Waals surface area contributed by atoms with Crippen molar-refractivity contribution < 1.29 is 9.53 Å². The lowest BCUT2D eigenvalue weighted by molar-refractivity contribution is 0.0787. The summed E-state index contributed by atoms with van der Waals surface area (Å²) >= 11 is 0. The lowest BCUT2D eigenvalue weighted by Gasteiger charge is -2.16. The number of nitrogens with one attached hydrogen (secondary N) is 1. The normalized spacial score (nSPS) is 10.3. The van der Waals surface area contributed by atoms with Crippen molar-refractivity contribution in [2.45, 2.75) is 26.3 Å². The maximum absolute atomic E-state index is 12.4. The van der Waals surface area contributed by atoms with Crippen molar-refractivity contribution in [1.82, 2.24) is 14.9 Å². The molecule has 1 aromatic carbocycles. The molecule has 6 heteroatoms. The van der Waals surface area contributed by atoms with E-state index in [0.29, 0.717) is 18.1 Å². The Kier molecular flexibility index (Phi) is 6.54. The first-order valence-corrected chi connectivity index (χ1v) is 8.09. The smallest absolute Gasteiger partial charge is 0.272 e. The molecule has 0 saturated heterocycles. The Hall–Kier alpha value is -2.63. The Morgan fingerprint density at radius 3 is 2.83 bits per heavy atom. The summed E-state index contributed by atoms with van der Waals surface area (Å²) in [5.41, 5.74) is 1.41. The molecular weight excluding hydrogens is 304 g/mol. The van der Waals surface area contributed by atoms with Gasteiger partial charge in [0, 0.05) is 31.8 Å². The summed E-state index contributed by atoms with van der Waals surface area (Å²) in [4.78, 5) is 22.3. The van der Waals surface area contributed by atoms with Crippen molar-refractivity contribution >= 4 is 11.7 Å². The van der Waals surface area contributed by atoms with Crippen LogP contribution in [0.15, 0.2) is 36.7 Å². The number of amides is 1. The third kappa shape index (κ3) is 4.68. The lowest BCUT2D eigenvalue weighted by atomic mass is 10.2. The Morgan fingerprint density at radius 2 is 2.08 bits per heavy atom. The van der Waals surface area contributed by atoms with Gasteiger partial charge in [-0.1, -0.05) is 31.5 Å². The molecule has 0 unspecified atom stereocenters. The van der Waals surface area contributed by atoms with Crippen LogP contribution in [0.3, 0.4) is 0 Å². The van der Waals surface area contributed by atoms with E-state index in [4.69, 9.17) is 4.74 Å². The van der Waals surface area contributed by atoms with Gasteiger partial charge in [0.2, 0.25) is 0 Å². The van der Waals surface area contributed by atoms with Crippen molar-refractivity contribution in [2.75, 3.05) is 26.0 Å². The standard InChI is InChI=1S/C18H24N4O2/c1-4-5-10-22(2)18(23)15-11-17(21-13-20-15)19-12-14-8-6-7-9-16(14)24-3/h6-9,11,13H,4-5,10,12H2,1-3H3,(H,19,20,21). The maximum atomic E-state index is 12.4. The van der Waals surface area contributed by atoms with Crippen molar-refractivity contribution in [3.63, 3.8) is 0 Å². The molecule has 1 N–H and O–H groups in total. The molecule has 1 amide bonds. The van der Waals surface area contributed by atoms with Gasteiger partial charge in [0.1, 0.15) is 23.6 Å². The molecule has 0 atom stereocenters. The first-order valence-electron chi connectivity index (χ1n) is 8.09. The molecule has 24 heavy (non-hydrogen) atoms. The molecule has 6 nitrogen and oxygen atoms in total. The molecule has 0 bridgehead atoms. The molecular formula is C18H24N4O2. The first kappa shape index (κ1) is 17.7. The van der Waals surface area contributed by atoms with Gasteiger partial charge in [-0.05, 0) is 12.5 Å². The van der Waals surface area contributed by atoms with E-state index < -0.39 is 0 Å². The average molecular weight is 328 g/mol. The zero-order chi connectivity index (χ0) is 17.4. The van der Waals surface area contributed by atoms with Crippen molar-refractivity contribution in [3.05, 3.63) is 47.9 Å². The van der Waals surface area contributed by atoms with E-state index >= 15 is 0 Å². The van der Waals surface area contributed by atoms with Crippen LogP contribution in [0.25, 0.3) is 0 Å². The SMILES string of the molecule is CCCCN(C)C(=O)c1cc(NCc2ccccc2OC)ncn1. The highest BCUT2D eigenvalue weighted by atomic mass is 16.5. The molecule has 2 aromatic rings. The molecule has 0 radical (unpaired) electrons. The summed E-state index contributed by atoms with van der Waals surface area (Å²) < 4.78 is 5.33. The van der Waals surface area contributed by atoms with Crippen molar-refractivity contribution in [1.29, 1.82) is 0 Å². The van der Waals surface area contributed by atoms with Crippen molar-refractivity contribution in [3.8, 4) is 5.75 Å². The van der Waals surface area contributed by atoms with Gasteiger partial charge in [0.15, 0.2) is 0 Å². The van der Waals surface area contributed by atoms with Crippen LogP contribution >= 0.6 is 0 Å². The summed E-state index contributed by atoms with van der Waals surface area (Å²) in [6.07, 6.45) is 3.44. The highest BCUT2D eigenvalue weighted by Crippen LogP contribution is 2.18. The number of aromatic nitrogens is 2. The highest BCUT2D eigenvalue weighted by Gasteiger charge is 2.13. The third-order valence-corrected chi connectivity index (χ3v) is 3.73. The zero-order valence-electron chi connectivity index (χ0n) is 14.5. The fourth-order valence-corrected chi connectivity index (χ4v) is 2.30. The number of hydrogen-bond donors (Lipinski definition) is 1. The van der Waals surface area contributed by atoms with Crippen LogP contribution in [0.2, 0.25) is 0 Å². The number of ether oxygens (including phenoxy) is 1. The topological polar surface area (TPSA) is 67.4 Å². The number of benzene rings is 1. The summed E-state index contributed by atoms with van der Waals surface area (Å²) in [6.45, 7) is 3.38. The van der Waals surface area contributed by atoms with E-state index in [1.165, 1.54) is 6.33 Å². The Morgan fingerprint density at radius 1 is 1.29 bits per heavy atom. The fourth-order valence-electron chi connectivity index (χ4n) is 2.30. The van der Waals surface area contributed by atoms with Crippen LogP contribution in [0.4, 0.5) is 5.82 Å². The quantitative estimate of drug-likeness (QED) is 0.807. The number of carbonyl (C=O) groups is 1. The van der Waals surface area contributed by atoms with Gasteiger partial charge in [-0.15, -0.1) is 0 Å². The maximum Gasteiger partial charge on any atom is 0.272 e. The van der Waals surface area contributed by atoms with E-state index in [-0.39, 0.29) is 5.91 Å². The molecule has 0 fully saturated rings. The summed E-state index contributed by atoms with van der Waals surface area (Å²) in [5.74, 6) is 1.34. The lowest BCUT2D eigenvalue weighted by Crippen LogP contribution is -2.28. The molecule has 128 valence electrons. The number of rotatable bonds is 8. The van der Waals surface area contributed by atoms with E-state index in [1.54, 1.807) is 25.1 Å². The van der Waals surface area contributed by atoms with E-state index in [2.05, 4.69) is 22.2 Å². The van der Waals surface area contributed by atoms with Crippen LogP contribution < -0.4 is 10.1 Å². The van der Waals surface area contributed by atoms with Gasteiger partial charge >= 0.3 is 0 Å². The molecule has 0 spiro atoms. The number of para-hydroxylation sites is 1. The minimum Gasteiger partial charge on any atom is -0.496 e. The molecule has 0 aliphatic heterocycles. The number of carbonyl (C=O) groups excluding carboxylic acids is 1. The number of nitrogens with zero attached hydrogens (tertiary/aromatic N) is 3. The second-order valence-electron chi connectivity index (χ2n) is 5.53. The molecule has 0 aliphatic carbocycles. The third-order valence-electron chi connectivity index (χ3n) is 3.73. The van der Waals surface area contributed by atoms with E-state index in [9.17, 15) is 4.79 Å². The average Bonchev–Trinajstić information content (AvgIpc) is 2.64. The minimum absolute atomic E-state index is 0.0915. The van der Waals surface area contributed by atoms with Gasteiger partial charge in [0.05, 0.1) is 7.11 Å². The second-order valence-corrected chi connectivity index (χ2v) is 5.53.